The summed E-state index contributed by atoms with van der Waals surface area (Å²) in [5, 5.41) is 7.45. The second-order valence-electron chi connectivity index (χ2n) is 5.68. The molecule has 1 N–H and O–H groups in total. The van der Waals surface area contributed by atoms with Gasteiger partial charge in [0.05, 0.1) is 17.3 Å². The van der Waals surface area contributed by atoms with Crippen molar-refractivity contribution in [1.82, 2.24) is 20.1 Å². The van der Waals surface area contributed by atoms with Gasteiger partial charge < -0.3 is 4.90 Å². The summed E-state index contributed by atoms with van der Waals surface area (Å²) < 4.78 is 23.0. The van der Waals surface area contributed by atoms with Crippen molar-refractivity contribution in [1.29, 1.82) is 0 Å². The van der Waals surface area contributed by atoms with Crippen LogP contribution in [-0.4, -0.2) is 64.8 Å². The average Bonchev–Trinajstić information content (AvgIpc) is 3.19. The van der Waals surface area contributed by atoms with Gasteiger partial charge in [0.1, 0.15) is 0 Å². The molecule has 7 nitrogen and oxygen atoms in total. The Morgan fingerprint density at radius 3 is 2.79 bits per heavy atom. The summed E-state index contributed by atoms with van der Waals surface area (Å²) in [6.07, 6.45) is 0.508. The molecule has 24 heavy (non-hydrogen) atoms. The molecule has 1 aliphatic heterocycles. The summed E-state index contributed by atoms with van der Waals surface area (Å²) in [5.41, 5.74) is 0.927. The Morgan fingerprint density at radius 2 is 2.12 bits per heavy atom. The van der Waals surface area contributed by atoms with Crippen LogP contribution in [0.1, 0.15) is 6.42 Å². The summed E-state index contributed by atoms with van der Waals surface area (Å²) >= 11 is 1.24. The van der Waals surface area contributed by atoms with Gasteiger partial charge in [-0.05, 0) is 6.42 Å². The van der Waals surface area contributed by atoms with Crippen molar-refractivity contribution in [2.45, 2.75) is 17.6 Å². The van der Waals surface area contributed by atoms with E-state index in [1.54, 1.807) is 7.05 Å². The number of carbonyl (C=O) groups is 1. The average molecular weight is 366 g/mol. The molecule has 9 heteroatoms. The highest BCUT2D eigenvalue weighted by Gasteiger charge is 2.32. The molecule has 3 rings (SSSR count). The van der Waals surface area contributed by atoms with E-state index in [4.69, 9.17) is 0 Å². The number of amides is 1. The molecule has 2 heterocycles. The van der Waals surface area contributed by atoms with Gasteiger partial charge in [-0.2, -0.15) is 0 Å². The molecule has 0 radical (unpaired) electrons. The summed E-state index contributed by atoms with van der Waals surface area (Å²) in [6.45, 7) is 0. The Balaban J connectivity index is 1.56. The van der Waals surface area contributed by atoms with Crippen LogP contribution in [-0.2, 0) is 14.6 Å². The largest absolute Gasteiger partial charge is 0.341 e. The number of H-pyrrole nitrogens is 1. The number of nitrogens with one attached hydrogen (secondary N) is 1. The van der Waals surface area contributed by atoms with E-state index in [2.05, 4.69) is 15.2 Å². The number of rotatable bonds is 5. The highest BCUT2D eigenvalue weighted by molar-refractivity contribution is 7.99. The van der Waals surface area contributed by atoms with Crippen LogP contribution in [0, 0.1) is 0 Å². The SMILES string of the molecule is CN(C(=O)CSc1n[nH]c(-c2ccccc2)n1)[C@@H]1CCS(=O)(=O)C1. The lowest BCUT2D eigenvalue weighted by molar-refractivity contribution is -0.128. The third-order valence-corrected chi connectivity index (χ3v) is 6.57. The van der Waals surface area contributed by atoms with Crippen molar-refractivity contribution in [2.75, 3.05) is 24.3 Å². The standard InChI is InChI=1S/C15H18N4O3S2/c1-19(12-7-8-24(21,22)10-12)13(20)9-23-15-16-14(17-18-15)11-5-3-2-4-6-11/h2-6,12H,7-10H2,1H3,(H,16,17,18)/t12-/m1/s1. The predicted octanol–water partition coefficient (Wildman–Crippen LogP) is 1.21. The maximum Gasteiger partial charge on any atom is 0.233 e. The fourth-order valence-electron chi connectivity index (χ4n) is 2.55. The fourth-order valence-corrected chi connectivity index (χ4v) is 5.05. The topological polar surface area (TPSA) is 96.0 Å². The molecular formula is C15H18N4O3S2. The van der Waals surface area contributed by atoms with E-state index in [0.29, 0.717) is 17.4 Å². The number of aromatic amines is 1. The number of hydrogen-bond acceptors (Lipinski definition) is 6. The maximum absolute atomic E-state index is 12.2. The van der Waals surface area contributed by atoms with E-state index in [0.717, 1.165) is 5.56 Å². The van der Waals surface area contributed by atoms with Crippen molar-refractivity contribution in [3.63, 3.8) is 0 Å². The molecule has 0 unspecified atom stereocenters. The lowest BCUT2D eigenvalue weighted by atomic mass is 10.2. The molecule has 1 aliphatic rings. The zero-order chi connectivity index (χ0) is 17.2. The Morgan fingerprint density at radius 1 is 1.38 bits per heavy atom. The predicted molar refractivity (Wildman–Crippen MR) is 92.4 cm³/mol. The normalized spacial score (nSPS) is 19.3. The smallest absolute Gasteiger partial charge is 0.233 e. The number of thioether (sulfide) groups is 1. The third-order valence-electron chi connectivity index (χ3n) is 3.99. The number of aromatic nitrogens is 3. The minimum absolute atomic E-state index is 0.0543. The molecule has 1 atom stereocenters. The Hall–Kier alpha value is -1.87. The Bertz CT molecular complexity index is 820. The Kier molecular flexibility index (Phi) is 4.91. The maximum atomic E-state index is 12.2. The molecule has 2 aromatic rings. The highest BCUT2D eigenvalue weighted by atomic mass is 32.2. The van der Waals surface area contributed by atoms with Crippen molar-refractivity contribution in [3.05, 3.63) is 30.3 Å². The molecule has 1 aromatic carbocycles. The second kappa shape index (κ2) is 6.94. The van der Waals surface area contributed by atoms with Gasteiger partial charge in [0.25, 0.3) is 0 Å². The van der Waals surface area contributed by atoms with Gasteiger partial charge in [-0.3, -0.25) is 9.89 Å². The summed E-state index contributed by atoms with van der Waals surface area (Å²) in [6, 6.07) is 9.38. The molecule has 0 spiro atoms. The monoisotopic (exact) mass is 366 g/mol. The van der Waals surface area contributed by atoms with Gasteiger partial charge >= 0.3 is 0 Å². The first kappa shape index (κ1) is 17.0. The van der Waals surface area contributed by atoms with Crippen LogP contribution in [0.15, 0.2) is 35.5 Å². The van der Waals surface area contributed by atoms with E-state index in [9.17, 15) is 13.2 Å². The lowest BCUT2D eigenvalue weighted by Gasteiger charge is -2.22. The highest BCUT2D eigenvalue weighted by Crippen LogP contribution is 2.21. The second-order valence-corrected chi connectivity index (χ2v) is 8.85. The molecular weight excluding hydrogens is 348 g/mol. The van der Waals surface area contributed by atoms with E-state index >= 15 is 0 Å². The molecule has 1 saturated heterocycles. The van der Waals surface area contributed by atoms with E-state index in [1.807, 2.05) is 30.3 Å². The van der Waals surface area contributed by atoms with Crippen LogP contribution in [0.5, 0.6) is 0 Å². The van der Waals surface area contributed by atoms with Gasteiger partial charge in [-0.15, -0.1) is 5.10 Å². The first-order valence-electron chi connectivity index (χ1n) is 7.51. The summed E-state index contributed by atoms with van der Waals surface area (Å²) in [7, 11) is -1.34. The van der Waals surface area contributed by atoms with Crippen LogP contribution < -0.4 is 0 Å². The van der Waals surface area contributed by atoms with Crippen molar-refractivity contribution in [3.8, 4) is 11.4 Å². The minimum atomic E-state index is -3.00. The van der Waals surface area contributed by atoms with Gasteiger partial charge in [0.15, 0.2) is 15.7 Å². The van der Waals surface area contributed by atoms with Crippen LogP contribution in [0.25, 0.3) is 11.4 Å². The fraction of sp³-hybridized carbons (Fsp3) is 0.400. The Labute approximate surface area is 144 Å². The van der Waals surface area contributed by atoms with Crippen molar-refractivity contribution >= 4 is 27.5 Å². The molecule has 0 bridgehead atoms. The summed E-state index contributed by atoms with van der Waals surface area (Å²) in [4.78, 5) is 18.1. The van der Waals surface area contributed by atoms with Crippen LogP contribution in [0.2, 0.25) is 0 Å². The number of nitrogens with zero attached hydrogens (tertiary/aromatic N) is 3. The number of benzene rings is 1. The first-order valence-corrected chi connectivity index (χ1v) is 10.3. The zero-order valence-corrected chi connectivity index (χ0v) is 14.8. The molecule has 128 valence electrons. The molecule has 0 saturated carbocycles. The summed E-state index contributed by atoms with van der Waals surface area (Å²) in [5.74, 6) is 0.927. The lowest BCUT2D eigenvalue weighted by Crippen LogP contribution is -2.38. The molecule has 0 aliphatic carbocycles. The van der Waals surface area contributed by atoms with Gasteiger partial charge in [0.2, 0.25) is 11.1 Å². The van der Waals surface area contributed by atoms with Crippen LogP contribution >= 0.6 is 11.8 Å². The van der Waals surface area contributed by atoms with Crippen molar-refractivity contribution < 1.29 is 13.2 Å². The number of carbonyl (C=O) groups excluding carboxylic acids is 1. The zero-order valence-electron chi connectivity index (χ0n) is 13.2. The first-order chi connectivity index (χ1) is 11.4. The van der Waals surface area contributed by atoms with E-state index in [1.165, 1.54) is 16.7 Å². The van der Waals surface area contributed by atoms with Gasteiger partial charge in [-0.25, -0.2) is 13.4 Å². The minimum Gasteiger partial charge on any atom is -0.341 e. The quantitative estimate of drug-likeness (QED) is 0.799. The van der Waals surface area contributed by atoms with Crippen LogP contribution in [0.4, 0.5) is 0 Å². The van der Waals surface area contributed by atoms with Crippen molar-refractivity contribution in [2.24, 2.45) is 0 Å². The molecule has 1 aromatic heterocycles. The molecule has 1 fully saturated rings. The molecule has 1 amide bonds. The van der Waals surface area contributed by atoms with Crippen LogP contribution in [0.3, 0.4) is 0 Å². The van der Waals surface area contributed by atoms with Gasteiger partial charge in [-0.1, -0.05) is 42.1 Å². The van der Waals surface area contributed by atoms with E-state index < -0.39 is 9.84 Å². The van der Waals surface area contributed by atoms with Gasteiger partial charge in [0, 0.05) is 18.7 Å². The third kappa shape index (κ3) is 3.96. The number of sulfone groups is 1. The number of hydrogen-bond donors (Lipinski definition) is 1. The van der Waals surface area contributed by atoms with E-state index in [-0.39, 0.29) is 29.2 Å².